The van der Waals surface area contributed by atoms with Crippen LogP contribution < -0.4 is 10.1 Å². The van der Waals surface area contributed by atoms with Gasteiger partial charge in [-0.2, -0.15) is 0 Å². The van der Waals surface area contributed by atoms with Crippen LogP contribution in [0.1, 0.15) is 28.8 Å². The van der Waals surface area contributed by atoms with Gasteiger partial charge in [-0.15, -0.1) is 0 Å². The highest BCUT2D eigenvalue weighted by Crippen LogP contribution is 2.17. The summed E-state index contributed by atoms with van der Waals surface area (Å²) in [5.41, 5.74) is 1.56. The highest BCUT2D eigenvalue weighted by atomic mass is 35.5. The first kappa shape index (κ1) is 16.8. The summed E-state index contributed by atoms with van der Waals surface area (Å²) in [7, 11) is 0. The molecule has 0 spiro atoms. The minimum Gasteiger partial charge on any atom is -0.491 e. The average Bonchev–Trinajstić information content (AvgIpc) is 3.12. The van der Waals surface area contributed by atoms with Crippen LogP contribution in [0.4, 0.5) is 0 Å². The van der Waals surface area contributed by atoms with E-state index in [0.29, 0.717) is 23.7 Å². The fourth-order valence-electron chi connectivity index (χ4n) is 2.60. The summed E-state index contributed by atoms with van der Waals surface area (Å²) in [4.78, 5) is 12.2. The summed E-state index contributed by atoms with van der Waals surface area (Å²) >= 11 is 5.94. The smallest absolute Gasteiger partial charge is 0.251 e. The van der Waals surface area contributed by atoms with Crippen molar-refractivity contribution in [2.45, 2.75) is 25.5 Å². The zero-order valence-electron chi connectivity index (χ0n) is 13.3. The monoisotopic (exact) mass is 345 g/mol. The number of carbonyl (C=O) groups is 1. The molecule has 0 bridgehead atoms. The molecule has 1 N–H and O–H groups in total. The second kappa shape index (κ2) is 8.18. The molecule has 0 saturated carbocycles. The molecule has 4 nitrogen and oxygen atoms in total. The van der Waals surface area contributed by atoms with Crippen molar-refractivity contribution in [1.82, 2.24) is 5.32 Å². The van der Waals surface area contributed by atoms with Crippen LogP contribution in [0.25, 0.3) is 0 Å². The van der Waals surface area contributed by atoms with Crippen LogP contribution in [0.3, 0.4) is 0 Å². The van der Waals surface area contributed by atoms with Crippen molar-refractivity contribution in [3.8, 4) is 5.75 Å². The third-order valence-electron chi connectivity index (χ3n) is 3.92. The van der Waals surface area contributed by atoms with E-state index in [9.17, 15) is 4.79 Å². The number of hydrogen-bond acceptors (Lipinski definition) is 3. The molecule has 5 heteroatoms. The predicted octanol–water partition coefficient (Wildman–Crippen LogP) is 3.83. The van der Waals surface area contributed by atoms with Crippen molar-refractivity contribution in [3.05, 3.63) is 64.7 Å². The number of halogens is 1. The summed E-state index contributed by atoms with van der Waals surface area (Å²) in [6, 6.07) is 14.6. The Morgan fingerprint density at radius 3 is 2.79 bits per heavy atom. The van der Waals surface area contributed by atoms with Crippen LogP contribution in [0, 0.1) is 0 Å². The van der Waals surface area contributed by atoms with Gasteiger partial charge in [-0.3, -0.25) is 4.79 Å². The number of nitrogens with one attached hydrogen (secondary N) is 1. The van der Waals surface area contributed by atoms with Gasteiger partial charge in [0.05, 0.1) is 6.10 Å². The lowest BCUT2D eigenvalue weighted by Gasteiger charge is -2.12. The quantitative estimate of drug-likeness (QED) is 0.865. The van der Waals surface area contributed by atoms with Crippen LogP contribution in [-0.4, -0.2) is 25.2 Å². The Balaban J connectivity index is 1.49. The second-order valence-electron chi connectivity index (χ2n) is 5.78. The van der Waals surface area contributed by atoms with E-state index < -0.39 is 0 Å². The highest BCUT2D eigenvalue weighted by Gasteiger charge is 2.16. The Hall–Kier alpha value is -2.04. The second-order valence-corrected chi connectivity index (χ2v) is 6.22. The zero-order valence-corrected chi connectivity index (χ0v) is 14.1. The molecule has 0 unspecified atom stereocenters. The van der Waals surface area contributed by atoms with Crippen LogP contribution in [-0.2, 0) is 11.3 Å². The van der Waals surface area contributed by atoms with Gasteiger partial charge in [-0.05, 0) is 54.8 Å². The van der Waals surface area contributed by atoms with Gasteiger partial charge in [0.25, 0.3) is 5.91 Å². The maximum absolute atomic E-state index is 12.2. The molecule has 1 aliphatic heterocycles. The summed E-state index contributed by atoms with van der Waals surface area (Å²) < 4.78 is 11.2. The zero-order chi connectivity index (χ0) is 16.8. The topological polar surface area (TPSA) is 47.6 Å². The average molecular weight is 346 g/mol. The molecule has 2 aromatic rings. The SMILES string of the molecule is O=C(NCc1cccc(Cl)c1)c1ccc(OC[C@H]2CCCO2)cc1. The molecule has 0 radical (unpaired) electrons. The van der Waals surface area contributed by atoms with Gasteiger partial charge >= 0.3 is 0 Å². The molecule has 24 heavy (non-hydrogen) atoms. The maximum Gasteiger partial charge on any atom is 0.251 e. The number of benzene rings is 2. The van der Waals surface area contributed by atoms with Gasteiger partial charge in [-0.1, -0.05) is 23.7 Å². The molecule has 1 saturated heterocycles. The van der Waals surface area contributed by atoms with Crippen LogP contribution in [0.15, 0.2) is 48.5 Å². The lowest BCUT2D eigenvalue weighted by molar-refractivity contribution is 0.0679. The van der Waals surface area contributed by atoms with Crippen molar-refractivity contribution in [3.63, 3.8) is 0 Å². The van der Waals surface area contributed by atoms with Crippen molar-refractivity contribution >= 4 is 17.5 Å². The van der Waals surface area contributed by atoms with Gasteiger partial charge in [0.1, 0.15) is 12.4 Å². The molecule has 0 aromatic heterocycles. The van der Waals surface area contributed by atoms with E-state index in [2.05, 4.69) is 5.32 Å². The number of carbonyl (C=O) groups excluding carboxylic acids is 1. The summed E-state index contributed by atoms with van der Waals surface area (Å²) in [6.07, 6.45) is 2.33. The van der Waals surface area contributed by atoms with E-state index >= 15 is 0 Å². The summed E-state index contributed by atoms with van der Waals surface area (Å²) in [5, 5.41) is 3.54. The first-order valence-electron chi connectivity index (χ1n) is 8.08. The maximum atomic E-state index is 12.2. The third-order valence-corrected chi connectivity index (χ3v) is 4.15. The lowest BCUT2D eigenvalue weighted by atomic mass is 10.2. The Morgan fingerprint density at radius 1 is 1.25 bits per heavy atom. The van der Waals surface area contributed by atoms with Crippen LogP contribution in [0.2, 0.25) is 5.02 Å². The minimum absolute atomic E-state index is 0.124. The molecule has 1 fully saturated rings. The van der Waals surface area contributed by atoms with E-state index in [1.165, 1.54) is 0 Å². The van der Waals surface area contributed by atoms with Crippen molar-refractivity contribution in [1.29, 1.82) is 0 Å². The number of ether oxygens (including phenoxy) is 2. The normalized spacial score (nSPS) is 16.8. The Kier molecular flexibility index (Phi) is 5.72. The molecule has 1 atom stereocenters. The van der Waals surface area contributed by atoms with Crippen LogP contribution >= 0.6 is 11.6 Å². The number of hydrogen-bond donors (Lipinski definition) is 1. The van der Waals surface area contributed by atoms with Crippen LogP contribution in [0.5, 0.6) is 5.75 Å². The standard InChI is InChI=1S/C19H20ClNO3/c20-16-4-1-3-14(11-16)12-21-19(22)15-6-8-17(9-7-15)24-13-18-5-2-10-23-18/h1,3-4,6-9,11,18H,2,5,10,12-13H2,(H,21,22)/t18-/m1/s1. The summed E-state index contributed by atoms with van der Waals surface area (Å²) in [5.74, 6) is 0.623. The van der Waals surface area contributed by atoms with E-state index in [4.69, 9.17) is 21.1 Å². The Morgan fingerprint density at radius 2 is 2.08 bits per heavy atom. The lowest BCUT2D eigenvalue weighted by Crippen LogP contribution is -2.22. The van der Waals surface area contributed by atoms with E-state index in [1.54, 1.807) is 12.1 Å². The molecular formula is C19H20ClNO3. The molecule has 1 heterocycles. The summed E-state index contributed by atoms with van der Waals surface area (Å²) in [6.45, 7) is 1.82. The first-order valence-corrected chi connectivity index (χ1v) is 8.45. The minimum atomic E-state index is -0.124. The molecular weight excluding hydrogens is 326 g/mol. The Bertz CT molecular complexity index is 681. The molecule has 2 aromatic carbocycles. The fraction of sp³-hybridized carbons (Fsp3) is 0.316. The van der Waals surface area contributed by atoms with Crippen molar-refractivity contribution in [2.75, 3.05) is 13.2 Å². The van der Waals surface area contributed by atoms with Gasteiger partial charge in [-0.25, -0.2) is 0 Å². The first-order chi connectivity index (χ1) is 11.7. The van der Waals surface area contributed by atoms with Gasteiger partial charge in [0.2, 0.25) is 0 Å². The highest BCUT2D eigenvalue weighted by molar-refractivity contribution is 6.30. The van der Waals surface area contributed by atoms with Gasteiger partial charge in [0, 0.05) is 23.7 Å². The molecule has 126 valence electrons. The van der Waals surface area contributed by atoms with E-state index in [-0.39, 0.29) is 12.0 Å². The van der Waals surface area contributed by atoms with Gasteiger partial charge < -0.3 is 14.8 Å². The predicted molar refractivity (Wildman–Crippen MR) is 93.5 cm³/mol. The number of amides is 1. The molecule has 1 amide bonds. The van der Waals surface area contributed by atoms with E-state index in [1.807, 2.05) is 36.4 Å². The van der Waals surface area contributed by atoms with Crippen molar-refractivity contribution < 1.29 is 14.3 Å². The van der Waals surface area contributed by atoms with Crippen molar-refractivity contribution in [2.24, 2.45) is 0 Å². The largest absolute Gasteiger partial charge is 0.491 e. The molecule has 3 rings (SSSR count). The van der Waals surface area contributed by atoms with E-state index in [0.717, 1.165) is 30.8 Å². The Labute approximate surface area is 146 Å². The molecule has 0 aliphatic carbocycles. The van der Waals surface area contributed by atoms with Gasteiger partial charge in [0.15, 0.2) is 0 Å². The number of rotatable bonds is 6. The molecule has 1 aliphatic rings. The third kappa shape index (κ3) is 4.73. The fourth-order valence-corrected chi connectivity index (χ4v) is 2.81.